The minimum Gasteiger partial charge on any atom is -0.478 e. The van der Waals surface area contributed by atoms with Gasteiger partial charge in [0.15, 0.2) is 0 Å². The Kier molecular flexibility index (Phi) is 3.37. The van der Waals surface area contributed by atoms with Crippen molar-refractivity contribution >= 4 is 17.9 Å². The molecule has 21 heavy (non-hydrogen) atoms. The highest BCUT2D eigenvalue weighted by Gasteiger charge is 2.45. The second-order valence-corrected chi connectivity index (χ2v) is 5.41. The van der Waals surface area contributed by atoms with Gasteiger partial charge in [-0.1, -0.05) is 12.1 Å². The Hall–Kier alpha value is -2.37. The predicted molar refractivity (Wildman–Crippen MR) is 73.7 cm³/mol. The zero-order valence-electron chi connectivity index (χ0n) is 11.5. The zero-order chi connectivity index (χ0) is 15.0. The summed E-state index contributed by atoms with van der Waals surface area (Å²) in [5.41, 5.74) is 0.941. The van der Waals surface area contributed by atoms with Crippen LogP contribution >= 0.6 is 0 Å². The van der Waals surface area contributed by atoms with E-state index in [9.17, 15) is 14.4 Å². The maximum atomic E-state index is 12.3. The molecule has 3 rings (SSSR count). The molecule has 2 heterocycles. The molecule has 2 fully saturated rings. The fraction of sp³-hybridized carbons (Fsp3) is 0.400. The Labute approximate surface area is 122 Å². The molecule has 1 N–H and O–H groups in total. The molecule has 0 aromatic heterocycles. The number of piperidine rings is 1. The fourth-order valence-electron chi connectivity index (χ4n) is 2.93. The summed E-state index contributed by atoms with van der Waals surface area (Å²) in [5, 5.41) is 8.86. The van der Waals surface area contributed by atoms with Gasteiger partial charge >= 0.3 is 12.0 Å². The lowest BCUT2D eigenvalue weighted by atomic mass is 10.0. The Morgan fingerprint density at radius 3 is 2.52 bits per heavy atom. The number of nitrogens with zero attached hydrogens (tertiary/aromatic N) is 2. The van der Waals surface area contributed by atoms with Crippen LogP contribution < -0.4 is 0 Å². The van der Waals surface area contributed by atoms with E-state index in [0.29, 0.717) is 6.54 Å². The molecule has 6 heteroatoms. The van der Waals surface area contributed by atoms with Gasteiger partial charge in [0.05, 0.1) is 12.1 Å². The van der Waals surface area contributed by atoms with Crippen molar-refractivity contribution in [1.29, 1.82) is 0 Å². The van der Waals surface area contributed by atoms with Crippen LogP contribution in [0.15, 0.2) is 24.3 Å². The number of amides is 3. The molecule has 1 atom stereocenters. The molecule has 1 unspecified atom stereocenters. The molecular formula is C15H16N2O4. The van der Waals surface area contributed by atoms with Gasteiger partial charge in [-0.2, -0.15) is 0 Å². The maximum absolute atomic E-state index is 12.3. The van der Waals surface area contributed by atoms with E-state index in [4.69, 9.17) is 5.11 Å². The number of carboxylic acids is 1. The average Bonchev–Trinajstić information content (AvgIpc) is 2.73. The highest BCUT2D eigenvalue weighted by Crippen LogP contribution is 2.27. The number of carbonyl (C=O) groups excluding carboxylic acids is 2. The molecule has 1 aromatic carbocycles. The van der Waals surface area contributed by atoms with Gasteiger partial charge in [0.1, 0.15) is 6.04 Å². The zero-order valence-corrected chi connectivity index (χ0v) is 11.5. The second kappa shape index (κ2) is 5.20. The van der Waals surface area contributed by atoms with E-state index >= 15 is 0 Å². The molecule has 0 aliphatic carbocycles. The second-order valence-electron chi connectivity index (χ2n) is 5.41. The molecule has 6 nitrogen and oxygen atoms in total. The van der Waals surface area contributed by atoms with Crippen LogP contribution in [0.3, 0.4) is 0 Å². The summed E-state index contributed by atoms with van der Waals surface area (Å²) in [6.45, 7) is 0.842. The number of hydrogen-bond acceptors (Lipinski definition) is 3. The van der Waals surface area contributed by atoms with Crippen LogP contribution in [0.5, 0.6) is 0 Å². The lowest BCUT2D eigenvalue weighted by Crippen LogP contribution is -2.38. The molecule has 1 aromatic rings. The van der Waals surface area contributed by atoms with Crippen molar-refractivity contribution in [2.24, 2.45) is 0 Å². The number of hydrogen-bond donors (Lipinski definition) is 1. The van der Waals surface area contributed by atoms with Crippen molar-refractivity contribution < 1.29 is 19.5 Å². The number of benzene rings is 1. The monoisotopic (exact) mass is 288 g/mol. The van der Waals surface area contributed by atoms with Crippen molar-refractivity contribution in [2.45, 2.75) is 31.8 Å². The minimum absolute atomic E-state index is 0.137. The lowest BCUT2D eigenvalue weighted by molar-refractivity contribution is -0.129. The van der Waals surface area contributed by atoms with Crippen LogP contribution in [0.2, 0.25) is 0 Å². The third kappa shape index (κ3) is 2.37. The van der Waals surface area contributed by atoms with Gasteiger partial charge in [-0.05, 0) is 37.0 Å². The number of fused-ring (bicyclic) bond motifs is 1. The fourth-order valence-corrected chi connectivity index (χ4v) is 2.93. The number of urea groups is 1. The van der Waals surface area contributed by atoms with Crippen molar-refractivity contribution in [3.63, 3.8) is 0 Å². The third-order valence-electron chi connectivity index (χ3n) is 4.07. The summed E-state index contributed by atoms with van der Waals surface area (Å²) in [5.74, 6) is -1.13. The highest BCUT2D eigenvalue weighted by atomic mass is 16.4. The first kappa shape index (κ1) is 13.6. The van der Waals surface area contributed by atoms with E-state index in [1.807, 2.05) is 0 Å². The van der Waals surface area contributed by atoms with E-state index in [1.54, 1.807) is 17.0 Å². The van der Waals surface area contributed by atoms with E-state index in [2.05, 4.69) is 0 Å². The molecule has 2 saturated heterocycles. The quantitative estimate of drug-likeness (QED) is 0.859. The molecule has 0 radical (unpaired) electrons. The van der Waals surface area contributed by atoms with Crippen molar-refractivity contribution in [1.82, 2.24) is 9.80 Å². The Morgan fingerprint density at radius 2 is 1.90 bits per heavy atom. The largest absolute Gasteiger partial charge is 0.478 e. The number of aromatic carboxylic acids is 1. The first-order chi connectivity index (χ1) is 10.1. The van der Waals surface area contributed by atoms with Crippen molar-refractivity contribution in [3.05, 3.63) is 35.4 Å². The number of rotatable bonds is 3. The van der Waals surface area contributed by atoms with Crippen LogP contribution in [-0.4, -0.2) is 45.4 Å². The number of carboxylic acid groups (broad SMARTS) is 1. The Balaban J connectivity index is 1.76. The average molecular weight is 288 g/mol. The topological polar surface area (TPSA) is 77.9 Å². The van der Waals surface area contributed by atoms with E-state index < -0.39 is 5.97 Å². The molecule has 0 saturated carbocycles. The van der Waals surface area contributed by atoms with Gasteiger partial charge in [-0.25, -0.2) is 9.59 Å². The molecule has 0 spiro atoms. The van der Waals surface area contributed by atoms with Crippen LogP contribution in [0.4, 0.5) is 4.79 Å². The van der Waals surface area contributed by atoms with Gasteiger partial charge in [0, 0.05) is 6.54 Å². The minimum atomic E-state index is -0.994. The SMILES string of the molecule is O=C(O)c1ccc(CN2C(=O)C3CCCCN3C2=O)cc1. The van der Waals surface area contributed by atoms with Crippen LogP contribution in [0.1, 0.15) is 35.2 Å². The van der Waals surface area contributed by atoms with E-state index in [0.717, 1.165) is 24.8 Å². The molecule has 2 aliphatic heterocycles. The van der Waals surface area contributed by atoms with Gasteiger partial charge in [0.2, 0.25) is 0 Å². The summed E-state index contributed by atoms with van der Waals surface area (Å²) in [6.07, 6.45) is 2.65. The Morgan fingerprint density at radius 1 is 1.19 bits per heavy atom. The van der Waals surface area contributed by atoms with Crippen LogP contribution in [0, 0.1) is 0 Å². The molecule has 2 aliphatic rings. The summed E-state index contributed by atoms with van der Waals surface area (Å²) < 4.78 is 0. The molecule has 110 valence electrons. The first-order valence-corrected chi connectivity index (χ1v) is 7.02. The summed E-state index contributed by atoms with van der Waals surface area (Å²) in [4.78, 5) is 38.3. The molecular weight excluding hydrogens is 272 g/mol. The predicted octanol–water partition coefficient (Wildman–Crippen LogP) is 1.70. The van der Waals surface area contributed by atoms with E-state index in [1.165, 1.54) is 17.0 Å². The first-order valence-electron chi connectivity index (χ1n) is 7.02. The lowest BCUT2D eigenvalue weighted by Gasteiger charge is -2.26. The standard InChI is InChI=1S/C15H16N2O4/c18-13-12-3-1-2-8-16(12)15(21)17(13)9-10-4-6-11(7-5-10)14(19)20/h4-7,12H,1-3,8-9H2,(H,19,20). The van der Waals surface area contributed by atoms with Gasteiger partial charge in [-0.3, -0.25) is 9.69 Å². The van der Waals surface area contributed by atoms with E-state index in [-0.39, 0.29) is 30.1 Å². The molecule has 0 bridgehead atoms. The summed E-state index contributed by atoms with van der Waals surface area (Å²) >= 11 is 0. The molecule has 3 amide bonds. The van der Waals surface area contributed by atoms with Gasteiger partial charge in [0.25, 0.3) is 5.91 Å². The van der Waals surface area contributed by atoms with Crippen LogP contribution in [0.25, 0.3) is 0 Å². The van der Waals surface area contributed by atoms with Gasteiger partial charge < -0.3 is 10.0 Å². The normalized spacial score (nSPS) is 21.6. The number of imide groups is 1. The van der Waals surface area contributed by atoms with Crippen molar-refractivity contribution in [2.75, 3.05) is 6.54 Å². The maximum Gasteiger partial charge on any atom is 0.335 e. The van der Waals surface area contributed by atoms with Crippen molar-refractivity contribution in [3.8, 4) is 0 Å². The third-order valence-corrected chi connectivity index (χ3v) is 4.07. The summed E-state index contributed by atoms with van der Waals surface area (Å²) in [6, 6.07) is 5.71. The smallest absolute Gasteiger partial charge is 0.335 e. The highest BCUT2D eigenvalue weighted by molar-refractivity contribution is 6.04. The van der Waals surface area contributed by atoms with Gasteiger partial charge in [-0.15, -0.1) is 0 Å². The Bertz CT molecular complexity index is 572. The van der Waals surface area contributed by atoms with Crippen LogP contribution in [-0.2, 0) is 11.3 Å². The summed E-state index contributed by atoms with van der Waals surface area (Å²) in [7, 11) is 0. The number of carbonyl (C=O) groups is 3.